The Morgan fingerprint density at radius 3 is 2.65 bits per heavy atom. The van der Waals surface area contributed by atoms with Crippen LogP contribution in [0.1, 0.15) is 18.5 Å². The van der Waals surface area contributed by atoms with Gasteiger partial charge in [-0.2, -0.15) is 0 Å². The number of carbonyl (C=O) groups excluding carboxylic acids is 1. The Morgan fingerprint density at radius 1 is 1.23 bits per heavy atom. The van der Waals surface area contributed by atoms with Gasteiger partial charge < -0.3 is 5.32 Å². The second kappa shape index (κ2) is 7.70. The number of carbonyl (C=O) groups is 1. The molecule has 0 aliphatic carbocycles. The fourth-order valence-corrected chi connectivity index (χ4v) is 3.36. The minimum absolute atomic E-state index is 0.129. The third-order valence-electron chi connectivity index (χ3n) is 4.02. The van der Waals surface area contributed by atoms with Gasteiger partial charge in [0, 0.05) is 7.05 Å². The van der Waals surface area contributed by atoms with Crippen LogP contribution in [0.2, 0.25) is 0 Å². The topological polar surface area (TPSA) is 64.0 Å². The van der Waals surface area contributed by atoms with Gasteiger partial charge in [-0.1, -0.05) is 36.0 Å². The van der Waals surface area contributed by atoms with Crippen LogP contribution in [0.4, 0.5) is 4.39 Å². The normalized spacial score (nSPS) is 12.1. The summed E-state index contributed by atoms with van der Waals surface area (Å²) in [5.74, 6) is -0.371. The molecule has 5 nitrogen and oxygen atoms in total. The van der Waals surface area contributed by atoms with Crippen LogP contribution < -0.4 is 10.9 Å². The maximum Gasteiger partial charge on any atom is 0.261 e. The number of nitrogens with zero attached hydrogens (tertiary/aromatic N) is 2. The van der Waals surface area contributed by atoms with Crippen molar-refractivity contribution in [3.8, 4) is 0 Å². The molecule has 3 aromatic rings. The lowest BCUT2D eigenvalue weighted by molar-refractivity contribution is -0.119. The number of thioether (sulfide) groups is 1. The molecule has 0 radical (unpaired) electrons. The van der Waals surface area contributed by atoms with Gasteiger partial charge in [0.15, 0.2) is 5.16 Å². The Morgan fingerprint density at radius 2 is 1.92 bits per heavy atom. The zero-order valence-electron chi connectivity index (χ0n) is 14.4. The molecule has 2 aromatic carbocycles. The van der Waals surface area contributed by atoms with Crippen molar-refractivity contribution in [2.75, 3.05) is 5.75 Å². The molecule has 26 heavy (non-hydrogen) atoms. The lowest BCUT2D eigenvalue weighted by Crippen LogP contribution is -2.28. The monoisotopic (exact) mass is 371 g/mol. The van der Waals surface area contributed by atoms with E-state index in [1.807, 2.05) is 13.0 Å². The van der Waals surface area contributed by atoms with Crippen LogP contribution in [0.3, 0.4) is 0 Å². The molecule has 0 spiro atoms. The predicted molar refractivity (Wildman–Crippen MR) is 101 cm³/mol. The first-order chi connectivity index (χ1) is 12.5. The fraction of sp³-hybridized carbons (Fsp3) is 0.211. The summed E-state index contributed by atoms with van der Waals surface area (Å²) < 4.78 is 14.4. The summed E-state index contributed by atoms with van der Waals surface area (Å²) in [7, 11) is 1.64. The maximum absolute atomic E-state index is 13.0. The molecule has 3 rings (SSSR count). The molecule has 1 amide bonds. The minimum Gasteiger partial charge on any atom is -0.349 e. The number of fused-ring (bicyclic) bond motifs is 1. The van der Waals surface area contributed by atoms with Gasteiger partial charge in [-0.25, -0.2) is 9.37 Å². The van der Waals surface area contributed by atoms with E-state index >= 15 is 0 Å². The Balaban J connectivity index is 1.68. The van der Waals surface area contributed by atoms with Gasteiger partial charge in [0.1, 0.15) is 5.82 Å². The molecular weight excluding hydrogens is 353 g/mol. The average molecular weight is 371 g/mol. The number of amides is 1. The van der Waals surface area contributed by atoms with E-state index < -0.39 is 0 Å². The first kappa shape index (κ1) is 18.1. The molecule has 1 heterocycles. The summed E-state index contributed by atoms with van der Waals surface area (Å²) in [4.78, 5) is 29.0. The van der Waals surface area contributed by atoms with Crippen molar-refractivity contribution in [1.29, 1.82) is 0 Å². The van der Waals surface area contributed by atoms with E-state index in [0.717, 1.165) is 5.56 Å². The van der Waals surface area contributed by atoms with Crippen molar-refractivity contribution in [3.63, 3.8) is 0 Å². The van der Waals surface area contributed by atoms with Crippen LogP contribution in [0.25, 0.3) is 10.9 Å². The number of hydrogen-bond donors (Lipinski definition) is 1. The number of halogens is 1. The molecule has 0 fully saturated rings. The Labute approximate surface area is 154 Å². The first-order valence-corrected chi connectivity index (χ1v) is 9.07. The summed E-state index contributed by atoms with van der Waals surface area (Å²) in [6, 6.07) is 12.9. The molecule has 0 saturated heterocycles. The maximum atomic E-state index is 13.0. The van der Waals surface area contributed by atoms with Gasteiger partial charge in [0.2, 0.25) is 5.91 Å². The van der Waals surface area contributed by atoms with Crippen molar-refractivity contribution in [3.05, 3.63) is 70.3 Å². The molecule has 0 unspecified atom stereocenters. The molecule has 0 aliphatic heterocycles. The lowest BCUT2D eigenvalue weighted by atomic mass is 10.1. The van der Waals surface area contributed by atoms with Crippen molar-refractivity contribution in [2.24, 2.45) is 7.05 Å². The first-order valence-electron chi connectivity index (χ1n) is 8.09. The molecular formula is C19H18FN3O2S. The predicted octanol–water partition coefficient (Wildman–Crippen LogP) is 3.04. The molecule has 7 heteroatoms. The van der Waals surface area contributed by atoms with Crippen LogP contribution in [0.15, 0.2) is 58.5 Å². The van der Waals surface area contributed by atoms with E-state index in [2.05, 4.69) is 10.3 Å². The van der Waals surface area contributed by atoms with E-state index in [0.29, 0.717) is 16.1 Å². The van der Waals surface area contributed by atoms with E-state index in [1.165, 1.54) is 28.5 Å². The highest BCUT2D eigenvalue weighted by molar-refractivity contribution is 7.99. The second-order valence-electron chi connectivity index (χ2n) is 5.91. The van der Waals surface area contributed by atoms with E-state index in [4.69, 9.17) is 0 Å². The molecule has 1 N–H and O–H groups in total. The Hall–Kier alpha value is -2.67. The number of para-hydroxylation sites is 1. The van der Waals surface area contributed by atoms with Crippen molar-refractivity contribution >= 4 is 28.6 Å². The van der Waals surface area contributed by atoms with Crippen molar-refractivity contribution in [1.82, 2.24) is 14.9 Å². The highest BCUT2D eigenvalue weighted by Crippen LogP contribution is 2.18. The third-order valence-corrected chi connectivity index (χ3v) is 5.05. The fourth-order valence-electron chi connectivity index (χ4n) is 2.57. The molecule has 1 atom stereocenters. The standard InChI is InChI=1S/C19H18FN3O2S/c1-12(13-7-9-14(20)10-8-13)21-17(24)11-26-19-22-16-6-4-3-5-15(16)18(25)23(19)2/h3-10,12H,11H2,1-2H3,(H,21,24)/t12-/m0/s1. The molecule has 1 aromatic heterocycles. The van der Waals surface area contributed by atoms with Gasteiger partial charge in [0.25, 0.3) is 5.56 Å². The number of benzene rings is 2. The smallest absolute Gasteiger partial charge is 0.261 e. The van der Waals surface area contributed by atoms with Crippen LogP contribution >= 0.6 is 11.8 Å². The second-order valence-corrected chi connectivity index (χ2v) is 6.85. The number of nitrogens with one attached hydrogen (secondary N) is 1. The van der Waals surface area contributed by atoms with E-state index in [-0.39, 0.29) is 29.1 Å². The molecule has 134 valence electrons. The Bertz CT molecular complexity index is 1000. The average Bonchev–Trinajstić information content (AvgIpc) is 2.64. The summed E-state index contributed by atoms with van der Waals surface area (Å²) >= 11 is 1.20. The quantitative estimate of drug-likeness (QED) is 0.553. The van der Waals surface area contributed by atoms with Gasteiger partial charge in [-0.3, -0.25) is 14.2 Å². The minimum atomic E-state index is -0.314. The molecule has 0 aliphatic rings. The summed E-state index contributed by atoms with van der Waals surface area (Å²) in [5.41, 5.74) is 1.29. The van der Waals surface area contributed by atoms with Crippen molar-refractivity contribution < 1.29 is 9.18 Å². The van der Waals surface area contributed by atoms with Crippen LogP contribution in [-0.4, -0.2) is 21.2 Å². The van der Waals surface area contributed by atoms with Crippen molar-refractivity contribution in [2.45, 2.75) is 18.1 Å². The summed E-state index contributed by atoms with van der Waals surface area (Å²) in [5, 5.41) is 3.89. The van der Waals surface area contributed by atoms with E-state index in [1.54, 1.807) is 37.4 Å². The van der Waals surface area contributed by atoms with Crippen LogP contribution in [0, 0.1) is 5.82 Å². The molecule has 0 saturated carbocycles. The number of aromatic nitrogens is 2. The highest BCUT2D eigenvalue weighted by Gasteiger charge is 2.13. The summed E-state index contributed by atoms with van der Waals surface area (Å²) in [6.07, 6.45) is 0. The van der Waals surface area contributed by atoms with Gasteiger partial charge in [0.05, 0.1) is 22.7 Å². The zero-order chi connectivity index (χ0) is 18.7. The van der Waals surface area contributed by atoms with Crippen LogP contribution in [-0.2, 0) is 11.8 Å². The number of hydrogen-bond acceptors (Lipinski definition) is 4. The van der Waals surface area contributed by atoms with Gasteiger partial charge in [-0.05, 0) is 36.8 Å². The van der Waals surface area contributed by atoms with Gasteiger partial charge in [-0.15, -0.1) is 0 Å². The highest BCUT2D eigenvalue weighted by atomic mass is 32.2. The largest absolute Gasteiger partial charge is 0.349 e. The SMILES string of the molecule is C[C@H](NC(=O)CSc1nc2ccccc2c(=O)n1C)c1ccc(F)cc1. The van der Waals surface area contributed by atoms with Crippen LogP contribution in [0.5, 0.6) is 0 Å². The molecule has 0 bridgehead atoms. The third kappa shape index (κ3) is 3.94. The lowest BCUT2D eigenvalue weighted by Gasteiger charge is -2.14. The Kier molecular flexibility index (Phi) is 5.37. The van der Waals surface area contributed by atoms with E-state index in [9.17, 15) is 14.0 Å². The summed E-state index contributed by atoms with van der Waals surface area (Å²) in [6.45, 7) is 1.83. The van der Waals surface area contributed by atoms with Gasteiger partial charge >= 0.3 is 0 Å². The zero-order valence-corrected chi connectivity index (χ0v) is 15.2. The number of rotatable bonds is 5.